The molecule has 0 aliphatic carbocycles. The van der Waals surface area contributed by atoms with E-state index >= 15 is 0 Å². The molecule has 0 aliphatic rings. The summed E-state index contributed by atoms with van der Waals surface area (Å²) in [5, 5.41) is 6.30. The Bertz CT molecular complexity index is 142. The van der Waals surface area contributed by atoms with E-state index in [4.69, 9.17) is 0 Å². The van der Waals surface area contributed by atoms with Gasteiger partial charge in [-0.3, -0.25) is 5.10 Å². The van der Waals surface area contributed by atoms with Gasteiger partial charge in [-0.05, 0) is 22.9 Å². The van der Waals surface area contributed by atoms with Crippen molar-refractivity contribution in [3.8, 4) is 0 Å². The van der Waals surface area contributed by atoms with Gasteiger partial charge in [0.2, 0.25) is 0 Å². The summed E-state index contributed by atoms with van der Waals surface area (Å²) in [6.07, 6.45) is 2.72. The highest BCUT2D eigenvalue weighted by molar-refractivity contribution is 9.10. The normalized spacial score (nSPS) is 9.43. The minimum atomic E-state index is 0.910. The van der Waals surface area contributed by atoms with E-state index in [0.717, 1.165) is 10.2 Å². The zero-order chi connectivity index (χ0) is 5.28. The van der Waals surface area contributed by atoms with Gasteiger partial charge in [0.15, 0.2) is 0 Å². The maximum atomic E-state index is 3.62. The Balaban J connectivity index is 3.12. The van der Waals surface area contributed by atoms with Crippen LogP contribution in [0.15, 0.2) is 4.60 Å². The summed E-state index contributed by atoms with van der Waals surface area (Å²) in [5.74, 6) is 0. The molecule has 37 valence electrons. The van der Waals surface area contributed by atoms with E-state index in [9.17, 15) is 0 Å². The lowest BCUT2D eigenvalue weighted by molar-refractivity contribution is 1.06. The average molecular weight is 160 g/mol. The van der Waals surface area contributed by atoms with E-state index in [0.29, 0.717) is 0 Å². The average Bonchev–Trinajstić information content (AvgIpc) is 1.91. The van der Waals surface area contributed by atoms with Crippen molar-refractivity contribution in [3.05, 3.63) is 16.4 Å². The predicted molar refractivity (Wildman–Crippen MR) is 29.9 cm³/mol. The van der Waals surface area contributed by atoms with Crippen LogP contribution in [0.4, 0.5) is 0 Å². The van der Waals surface area contributed by atoms with Gasteiger partial charge in [-0.15, -0.1) is 0 Å². The number of H-pyrrole nitrogens is 1. The fourth-order valence-corrected chi connectivity index (χ4v) is 0.471. The zero-order valence-corrected chi connectivity index (χ0v) is 5.41. The summed E-state index contributed by atoms with van der Waals surface area (Å²) in [7, 11) is 0. The molecule has 1 aromatic rings. The van der Waals surface area contributed by atoms with Crippen LogP contribution in [0.5, 0.6) is 0 Å². The molecule has 1 N–H and O–H groups in total. The molecule has 0 saturated heterocycles. The van der Waals surface area contributed by atoms with Crippen molar-refractivity contribution in [2.75, 3.05) is 0 Å². The van der Waals surface area contributed by atoms with Crippen molar-refractivity contribution in [1.29, 1.82) is 0 Å². The molecule has 1 aromatic heterocycles. The molecule has 0 unspecified atom stereocenters. The maximum Gasteiger partial charge on any atom is 0.117 e. The standard InChI is InChI=1S/C4H4BrN2/c1-3-2-6-7-4(3)5/h1H3,(H,6,7). The molecule has 1 radical (unpaired) electrons. The van der Waals surface area contributed by atoms with E-state index in [1.165, 1.54) is 0 Å². The second-order valence-corrected chi connectivity index (χ2v) is 2.07. The molecule has 0 aliphatic heterocycles. The minimum Gasteiger partial charge on any atom is -0.270 e. The van der Waals surface area contributed by atoms with Crippen LogP contribution < -0.4 is 0 Å². The summed E-state index contributed by atoms with van der Waals surface area (Å²) < 4.78 is 0.910. The fraction of sp³-hybridized carbons (Fsp3) is 0.250. The van der Waals surface area contributed by atoms with Crippen molar-refractivity contribution in [2.24, 2.45) is 0 Å². The molecular weight excluding hydrogens is 156 g/mol. The lowest BCUT2D eigenvalue weighted by Gasteiger charge is -1.75. The molecule has 0 spiro atoms. The summed E-state index contributed by atoms with van der Waals surface area (Å²) in [5.41, 5.74) is 1.01. The number of rotatable bonds is 0. The van der Waals surface area contributed by atoms with Gasteiger partial charge in [-0.25, -0.2) is 0 Å². The van der Waals surface area contributed by atoms with E-state index < -0.39 is 0 Å². The van der Waals surface area contributed by atoms with Gasteiger partial charge >= 0.3 is 0 Å². The second kappa shape index (κ2) is 1.66. The van der Waals surface area contributed by atoms with Crippen molar-refractivity contribution in [2.45, 2.75) is 6.92 Å². The monoisotopic (exact) mass is 159 g/mol. The molecule has 0 bridgehead atoms. The summed E-state index contributed by atoms with van der Waals surface area (Å²) in [6.45, 7) is 1.92. The molecular formula is C4H4BrN2. The summed E-state index contributed by atoms with van der Waals surface area (Å²) in [4.78, 5) is 0. The lowest BCUT2D eigenvalue weighted by atomic mass is 10.4. The molecule has 0 amide bonds. The number of hydrogen-bond acceptors (Lipinski definition) is 1. The van der Waals surface area contributed by atoms with Crippen molar-refractivity contribution >= 4 is 15.9 Å². The largest absolute Gasteiger partial charge is 0.270 e. The Hall–Kier alpha value is -0.310. The number of halogens is 1. The van der Waals surface area contributed by atoms with Crippen LogP contribution in [0.25, 0.3) is 0 Å². The molecule has 1 rings (SSSR count). The van der Waals surface area contributed by atoms with Crippen molar-refractivity contribution in [1.82, 2.24) is 10.2 Å². The molecule has 0 saturated carbocycles. The van der Waals surface area contributed by atoms with Gasteiger partial charge in [-0.1, -0.05) is 0 Å². The Morgan fingerprint density at radius 3 is 2.71 bits per heavy atom. The molecule has 1 heterocycles. The topological polar surface area (TPSA) is 28.7 Å². The van der Waals surface area contributed by atoms with Gasteiger partial charge < -0.3 is 0 Å². The minimum absolute atomic E-state index is 0.910. The SMILES string of the molecule is Cc1[c]n[nH]c1Br. The Labute approximate surface area is 50.1 Å². The van der Waals surface area contributed by atoms with Crippen molar-refractivity contribution in [3.63, 3.8) is 0 Å². The number of aryl methyl sites for hydroxylation is 1. The smallest absolute Gasteiger partial charge is 0.117 e. The molecule has 2 nitrogen and oxygen atoms in total. The Morgan fingerprint density at radius 1 is 1.86 bits per heavy atom. The third kappa shape index (κ3) is 0.825. The fourth-order valence-electron chi connectivity index (χ4n) is 0.294. The highest BCUT2D eigenvalue weighted by Crippen LogP contribution is 2.07. The first-order valence-electron chi connectivity index (χ1n) is 1.89. The van der Waals surface area contributed by atoms with Crippen LogP contribution in [0.3, 0.4) is 0 Å². The van der Waals surface area contributed by atoms with Crippen LogP contribution in [-0.4, -0.2) is 10.2 Å². The van der Waals surface area contributed by atoms with Crippen LogP contribution in [0.1, 0.15) is 5.56 Å². The molecule has 0 atom stereocenters. The van der Waals surface area contributed by atoms with Gasteiger partial charge in [0, 0.05) is 5.56 Å². The predicted octanol–water partition coefficient (Wildman–Crippen LogP) is 1.28. The van der Waals surface area contributed by atoms with Crippen LogP contribution in [-0.2, 0) is 0 Å². The van der Waals surface area contributed by atoms with E-state index in [1.54, 1.807) is 0 Å². The Morgan fingerprint density at radius 2 is 2.57 bits per heavy atom. The molecule has 0 aromatic carbocycles. The number of aromatic amines is 1. The summed E-state index contributed by atoms with van der Waals surface area (Å²) in [6, 6.07) is 0. The molecule has 3 heteroatoms. The van der Waals surface area contributed by atoms with E-state index in [2.05, 4.69) is 32.3 Å². The van der Waals surface area contributed by atoms with Crippen molar-refractivity contribution < 1.29 is 0 Å². The number of hydrogen-bond donors (Lipinski definition) is 1. The third-order valence-corrected chi connectivity index (χ3v) is 1.48. The van der Waals surface area contributed by atoms with Crippen LogP contribution in [0, 0.1) is 13.1 Å². The quantitative estimate of drug-likeness (QED) is 0.608. The maximum absolute atomic E-state index is 3.62. The first kappa shape index (κ1) is 4.84. The summed E-state index contributed by atoms with van der Waals surface area (Å²) >= 11 is 3.22. The first-order valence-corrected chi connectivity index (χ1v) is 2.68. The van der Waals surface area contributed by atoms with Gasteiger partial charge in [0.25, 0.3) is 0 Å². The highest BCUT2D eigenvalue weighted by atomic mass is 79.9. The zero-order valence-electron chi connectivity index (χ0n) is 3.83. The number of nitrogens with zero attached hydrogens (tertiary/aromatic N) is 1. The molecule has 0 fully saturated rings. The number of aromatic nitrogens is 2. The second-order valence-electron chi connectivity index (χ2n) is 1.27. The molecule has 7 heavy (non-hydrogen) atoms. The van der Waals surface area contributed by atoms with Gasteiger partial charge in [-0.2, -0.15) is 5.10 Å². The van der Waals surface area contributed by atoms with E-state index in [1.807, 2.05) is 6.92 Å². The van der Waals surface area contributed by atoms with Crippen LogP contribution in [0.2, 0.25) is 0 Å². The van der Waals surface area contributed by atoms with Gasteiger partial charge in [0.1, 0.15) is 10.8 Å². The first-order chi connectivity index (χ1) is 3.30. The van der Waals surface area contributed by atoms with E-state index in [-0.39, 0.29) is 0 Å². The Kier molecular flexibility index (Phi) is 1.15. The third-order valence-electron chi connectivity index (χ3n) is 0.707. The van der Waals surface area contributed by atoms with Gasteiger partial charge in [0.05, 0.1) is 0 Å². The highest BCUT2D eigenvalue weighted by Gasteiger charge is 1.90. The lowest BCUT2D eigenvalue weighted by Crippen LogP contribution is -1.62. The number of nitrogens with one attached hydrogen (secondary N) is 1. The van der Waals surface area contributed by atoms with Crippen LogP contribution >= 0.6 is 15.9 Å².